The molecule has 4 aromatic rings. The third-order valence-electron chi connectivity index (χ3n) is 5.28. The second kappa shape index (κ2) is 11.5. The van der Waals surface area contributed by atoms with Gasteiger partial charge in [0.2, 0.25) is 0 Å². The summed E-state index contributed by atoms with van der Waals surface area (Å²) in [6.07, 6.45) is 0.797. The van der Waals surface area contributed by atoms with Crippen LogP contribution in [-0.4, -0.2) is 27.8 Å². The molecule has 0 aliphatic carbocycles. The number of benzene rings is 3. The maximum atomic E-state index is 13.6. The normalized spacial score (nSPS) is 10.8. The predicted octanol–water partition coefficient (Wildman–Crippen LogP) is 4.89. The molecule has 34 heavy (non-hydrogen) atoms. The second-order valence-electron chi connectivity index (χ2n) is 7.62. The van der Waals surface area contributed by atoms with Gasteiger partial charge in [0.05, 0.1) is 13.7 Å². The van der Waals surface area contributed by atoms with E-state index in [1.54, 1.807) is 37.4 Å². The Bertz CT molecular complexity index is 1230. The van der Waals surface area contributed by atoms with Gasteiger partial charge in [-0.3, -0.25) is 4.79 Å². The monoisotopic (exact) mass is 476 g/mol. The van der Waals surface area contributed by atoms with Crippen LogP contribution in [0.4, 0.5) is 4.39 Å². The molecule has 0 spiro atoms. The van der Waals surface area contributed by atoms with E-state index in [4.69, 9.17) is 4.74 Å². The van der Waals surface area contributed by atoms with Crippen molar-refractivity contribution >= 4 is 17.7 Å². The number of hydrogen-bond acceptors (Lipinski definition) is 5. The average Bonchev–Trinajstić information content (AvgIpc) is 3.27. The fourth-order valence-electron chi connectivity index (χ4n) is 3.45. The van der Waals surface area contributed by atoms with E-state index in [0.717, 1.165) is 17.1 Å². The van der Waals surface area contributed by atoms with E-state index >= 15 is 0 Å². The van der Waals surface area contributed by atoms with Crippen molar-refractivity contribution in [3.05, 3.63) is 107 Å². The van der Waals surface area contributed by atoms with E-state index in [9.17, 15) is 9.18 Å². The minimum Gasteiger partial charge on any atom is -0.497 e. The number of methoxy groups -OCH3 is 1. The van der Waals surface area contributed by atoms with Gasteiger partial charge in [0, 0.05) is 17.9 Å². The van der Waals surface area contributed by atoms with E-state index in [0.29, 0.717) is 29.4 Å². The zero-order valence-corrected chi connectivity index (χ0v) is 19.6. The molecule has 0 atom stereocenters. The van der Waals surface area contributed by atoms with Crippen LogP contribution < -0.4 is 10.1 Å². The van der Waals surface area contributed by atoms with Crippen LogP contribution in [0.5, 0.6) is 5.75 Å². The van der Waals surface area contributed by atoms with Crippen molar-refractivity contribution in [2.75, 3.05) is 7.11 Å². The number of hydrogen-bond donors (Lipinski definition) is 1. The molecule has 1 amide bonds. The molecule has 0 unspecified atom stereocenters. The van der Waals surface area contributed by atoms with Crippen LogP contribution in [0.15, 0.2) is 84.0 Å². The largest absolute Gasteiger partial charge is 0.497 e. The lowest BCUT2D eigenvalue weighted by molar-refractivity contribution is 0.0949. The number of nitrogens with zero attached hydrogens (tertiary/aromatic N) is 3. The first kappa shape index (κ1) is 23.5. The molecule has 0 radical (unpaired) electrons. The highest BCUT2D eigenvalue weighted by Crippen LogP contribution is 2.23. The third kappa shape index (κ3) is 6.23. The van der Waals surface area contributed by atoms with E-state index in [1.165, 1.54) is 29.5 Å². The molecule has 0 bridgehead atoms. The van der Waals surface area contributed by atoms with Crippen LogP contribution in [0.1, 0.15) is 27.3 Å². The Kier molecular flexibility index (Phi) is 7.93. The minimum atomic E-state index is -0.259. The number of carbonyl (C=O) groups excluding carboxylic acids is 1. The van der Waals surface area contributed by atoms with Crippen LogP contribution in [0.2, 0.25) is 0 Å². The zero-order chi connectivity index (χ0) is 23.8. The molecule has 0 saturated carbocycles. The Morgan fingerprint density at radius 3 is 2.50 bits per heavy atom. The van der Waals surface area contributed by atoms with Gasteiger partial charge in [-0.15, -0.1) is 10.2 Å². The Labute approximate surface area is 202 Å². The molecule has 3 aromatic carbocycles. The molecule has 4 rings (SSSR count). The second-order valence-corrected chi connectivity index (χ2v) is 8.56. The number of rotatable bonds is 10. The Hall–Kier alpha value is -3.65. The smallest absolute Gasteiger partial charge is 0.251 e. The van der Waals surface area contributed by atoms with Gasteiger partial charge in [-0.2, -0.15) is 0 Å². The summed E-state index contributed by atoms with van der Waals surface area (Å²) in [7, 11) is 1.58. The van der Waals surface area contributed by atoms with Crippen LogP contribution in [0, 0.1) is 5.82 Å². The van der Waals surface area contributed by atoms with Gasteiger partial charge in [0.1, 0.15) is 11.6 Å². The molecule has 0 fully saturated rings. The number of carbonyl (C=O) groups is 1. The zero-order valence-electron chi connectivity index (χ0n) is 18.8. The van der Waals surface area contributed by atoms with Crippen molar-refractivity contribution in [2.24, 2.45) is 0 Å². The van der Waals surface area contributed by atoms with Gasteiger partial charge in [-0.25, -0.2) is 4.39 Å². The summed E-state index contributed by atoms with van der Waals surface area (Å²) in [6, 6.07) is 23.6. The first-order valence-corrected chi connectivity index (χ1v) is 11.9. The topological polar surface area (TPSA) is 69.0 Å². The predicted molar refractivity (Wildman–Crippen MR) is 130 cm³/mol. The van der Waals surface area contributed by atoms with Gasteiger partial charge in [0.15, 0.2) is 11.0 Å². The molecule has 1 heterocycles. The fraction of sp³-hybridized carbons (Fsp3) is 0.192. The van der Waals surface area contributed by atoms with Crippen LogP contribution in [-0.2, 0) is 25.3 Å². The molecule has 6 nitrogen and oxygen atoms in total. The highest BCUT2D eigenvalue weighted by molar-refractivity contribution is 7.98. The molecule has 0 aliphatic rings. The van der Waals surface area contributed by atoms with E-state index in [1.807, 2.05) is 28.8 Å². The maximum absolute atomic E-state index is 13.6. The van der Waals surface area contributed by atoms with Gasteiger partial charge in [-0.05, 0) is 53.9 Å². The average molecular weight is 477 g/mol. The Morgan fingerprint density at radius 1 is 1.00 bits per heavy atom. The Balaban J connectivity index is 1.47. The van der Waals surface area contributed by atoms with Gasteiger partial charge >= 0.3 is 0 Å². The third-order valence-corrected chi connectivity index (χ3v) is 6.31. The molecule has 1 N–H and O–H groups in total. The highest BCUT2D eigenvalue weighted by Gasteiger charge is 2.15. The number of aromatic nitrogens is 3. The van der Waals surface area contributed by atoms with Gasteiger partial charge in [0.25, 0.3) is 5.91 Å². The SMILES string of the molecule is COc1ccc(C(=O)NCc2nnc(SCc3cccc(F)c3)n2CCc2ccccc2)cc1. The van der Waals surface area contributed by atoms with Gasteiger partial charge in [-0.1, -0.05) is 54.2 Å². The van der Waals surface area contributed by atoms with Crippen molar-refractivity contribution in [3.8, 4) is 5.75 Å². The molecule has 0 saturated heterocycles. The first-order valence-electron chi connectivity index (χ1n) is 10.9. The lowest BCUT2D eigenvalue weighted by atomic mass is 10.1. The van der Waals surface area contributed by atoms with Crippen LogP contribution in [0.25, 0.3) is 0 Å². The number of halogens is 1. The van der Waals surface area contributed by atoms with Crippen molar-refractivity contribution in [3.63, 3.8) is 0 Å². The number of thioether (sulfide) groups is 1. The summed E-state index contributed by atoms with van der Waals surface area (Å²) >= 11 is 1.50. The molecular weight excluding hydrogens is 451 g/mol. The highest BCUT2D eigenvalue weighted by atomic mass is 32.2. The summed E-state index contributed by atoms with van der Waals surface area (Å²) in [6.45, 7) is 0.906. The van der Waals surface area contributed by atoms with Gasteiger partial charge < -0.3 is 14.6 Å². The fourth-order valence-corrected chi connectivity index (χ4v) is 4.37. The molecule has 0 aliphatic heterocycles. The lowest BCUT2D eigenvalue weighted by Gasteiger charge is -2.11. The first-order chi connectivity index (χ1) is 16.6. The van der Waals surface area contributed by atoms with Crippen molar-refractivity contribution in [1.82, 2.24) is 20.1 Å². The quantitative estimate of drug-likeness (QED) is 0.330. The molecular formula is C26H25FN4O2S. The number of nitrogens with one attached hydrogen (secondary N) is 1. The van der Waals surface area contributed by atoms with Crippen molar-refractivity contribution in [2.45, 2.75) is 30.4 Å². The van der Waals surface area contributed by atoms with Crippen LogP contribution >= 0.6 is 11.8 Å². The lowest BCUT2D eigenvalue weighted by Crippen LogP contribution is -2.25. The van der Waals surface area contributed by atoms with E-state index < -0.39 is 0 Å². The summed E-state index contributed by atoms with van der Waals surface area (Å²) in [5, 5.41) is 12.3. The van der Waals surface area contributed by atoms with E-state index in [2.05, 4.69) is 27.6 Å². The molecule has 174 valence electrons. The standard InChI is InChI=1S/C26H25FN4O2S/c1-33-23-12-10-21(11-13-23)25(32)28-17-24-29-30-26(34-18-20-8-5-9-22(27)16-20)31(24)15-14-19-6-3-2-4-7-19/h2-13,16H,14-15,17-18H2,1H3,(H,28,32). The van der Waals surface area contributed by atoms with E-state index in [-0.39, 0.29) is 18.3 Å². The minimum absolute atomic E-state index is 0.200. The summed E-state index contributed by atoms with van der Waals surface area (Å²) < 4.78 is 20.7. The van der Waals surface area contributed by atoms with Crippen molar-refractivity contribution in [1.29, 1.82) is 0 Å². The Morgan fingerprint density at radius 2 is 1.76 bits per heavy atom. The molecule has 1 aromatic heterocycles. The van der Waals surface area contributed by atoms with Crippen LogP contribution in [0.3, 0.4) is 0 Å². The van der Waals surface area contributed by atoms with Crippen molar-refractivity contribution < 1.29 is 13.9 Å². The summed E-state index contributed by atoms with van der Waals surface area (Å²) in [5.41, 5.74) is 2.61. The number of aryl methyl sites for hydroxylation is 1. The maximum Gasteiger partial charge on any atom is 0.251 e. The summed E-state index contributed by atoms with van der Waals surface area (Å²) in [5.74, 6) is 1.47. The number of amides is 1. The number of ether oxygens (including phenoxy) is 1. The summed E-state index contributed by atoms with van der Waals surface area (Å²) in [4.78, 5) is 12.6. The molecule has 8 heteroatoms.